The Bertz CT molecular complexity index is 813. The fourth-order valence-electron chi connectivity index (χ4n) is 2.44. The minimum Gasteiger partial charge on any atom is -0.366 e. The predicted octanol–water partition coefficient (Wildman–Crippen LogP) is 3.37. The van der Waals surface area contributed by atoms with E-state index < -0.39 is 11.7 Å². The number of benzene rings is 2. The van der Waals surface area contributed by atoms with E-state index in [4.69, 9.17) is 11.1 Å². The van der Waals surface area contributed by atoms with E-state index >= 15 is 0 Å². The second-order valence-corrected chi connectivity index (χ2v) is 5.90. The quantitative estimate of drug-likeness (QED) is 0.630. The Balaban J connectivity index is 2.32. The van der Waals surface area contributed by atoms with Gasteiger partial charge in [0.15, 0.2) is 5.78 Å². The summed E-state index contributed by atoms with van der Waals surface area (Å²) in [5.74, 6) is -1.77. The fraction of sp³-hybridized carbons (Fsp3) is 0.211. The summed E-state index contributed by atoms with van der Waals surface area (Å²) < 4.78 is 13.9. The monoisotopic (exact) mass is 326 g/mol. The SMILES string of the molecule is CC(C)C(=O)c1cc(CC(=N)c2ccccc2C(N)=O)ccc1F. The van der Waals surface area contributed by atoms with Crippen LogP contribution in [0.4, 0.5) is 4.39 Å². The van der Waals surface area contributed by atoms with E-state index in [1.165, 1.54) is 18.2 Å². The van der Waals surface area contributed by atoms with Gasteiger partial charge in [0, 0.05) is 29.2 Å². The van der Waals surface area contributed by atoms with Crippen molar-refractivity contribution in [3.8, 4) is 0 Å². The number of amides is 1. The number of Topliss-reactive ketones (excluding diaryl/α,β-unsaturated/α-hetero) is 1. The fourth-order valence-corrected chi connectivity index (χ4v) is 2.44. The highest BCUT2D eigenvalue weighted by Gasteiger charge is 2.17. The zero-order chi connectivity index (χ0) is 17.9. The first-order chi connectivity index (χ1) is 11.3. The predicted molar refractivity (Wildman–Crippen MR) is 91.1 cm³/mol. The lowest BCUT2D eigenvalue weighted by Gasteiger charge is -2.11. The number of hydrogen-bond acceptors (Lipinski definition) is 3. The lowest BCUT2D eigenvalue weighted by molar-refractivity contribution is 0.0934. The van der Waals surface area contributed by atoms with Gasteiger partial charge in [0.2, 0.25) is 5.91 Å². The molecule has 3 N–H and O–H groups in total. The second kappa shape index (κ2) is 7.17. The van der Waals surface area contributed by atoms with Gasteiger partial charge in [0.05, 0.1) is 5.56 Å². The van der Waals surface area contributed by atoms with Gasteiger partial charge in [-0.1, -0.05) is 38.1 Å². The Morgan fingerprint density at radius 3 is 2.29 bits per heavy atom. The molecule has 2 aromatic rings. The zero-order valence-electron chi connectivity index (χ0n) is 13.6. The lowest BCUT2D eigenvalue weighted by Crippen LogP contribution is -2.17. The summed E-state index contributed by atoms with van der Waals surface area (Å²) in [7, 11) is 0. The molecule has 124 valence electrons. The number of nitrogens with two attached hydrogens (primary N) is 1. The van der Waals surface area contributed by atoms with Gasteiger partial charge in [-0.15, -0.1) is 0 Å². The molecule has 4 nitrogen and oxygen atoms in total. The molecule has 24 heavy (non-hydrogen) atoms. The van der Waals surface area contributed by atoms with Crippen molar-refractivity contribution in [3.63, 3.8) is 0 Å². The Morgan fingerprint density at radius 1 is 1.08 bits per heavy atom. The molecule has 0 heterocycles. The first kappa shape index (κ1) is 17.5. The van der Waals surface area contributed by atoms with Crippen LogP contribution in [0.5, 0.6) is 0 Å². The Morgan fingerprint density at radius 2 is 1.71 bits per heavy atom. The van der Waals surface area contributed by atoms with E-state index in [-0.39, 0.29) is 35.0 Å². The number of carbonyl (C=O) groups is 2. The van der Waals surface area contributed by atoms with Crippen LogP contribution in [-0.4, -0.2) is 17.4 Å². The van der Waals surface area contributed by atoms with E-state index in [0.717, 1.165) is 0 Å². The Hall–Kier alpha value is -2.82. The van der Waals surface area contributed by atoms with Gasteiger partial charge < -0.3 is 11.1 Å². The average molecular weight is 326 g/mol. The number of carbonyl (C=O) groups excluding carboxylic acids is 2. The van der Waals surface area contributed by atoms with Crippen LogP contribution in [-0.2, 0) is 6.42 Å². The zero-order valence-corrected chi connectivity index (χ0v) is 13.6. The molecule has 0 aliphatic rings. The summed E-state index contributed by atoms with van der Waals surface area (Å²) in [4.78, 5) is 23.5. The number of primary amides is 1. The largest absolute Gasteiger partial charge is 0.366 e. The molecule has 0 radical (unpaired) electrons. The van der Waals surface area contributed by atoms with Crippen LogP contribution >= 0.6 is 0 Å². The first-order valence-electron chi connectivity index (χ1n) is 7.60. The Labute approximate surface area is 140 Å². The maximum Gasteiger partial charge on any atom is 0.249 e. The molecule has 2 aromatic carbocycles. The van der Waals surface area contributed by atoms with Crippen LogP contribution in [0.15, 0.2) is 42.5 Å². The first-order valence-corrected chi connectivity index (χ1v) is 7.60. The molecule has 0 spiro atoms. The van der Waals surface area contributed by atoms with E-state index in [1.54, 1.807) is 38.1 Å². The van der Waals surface area contributed by atoms with Crippen molar-refractivity contribution in [1.29, 1.82) is 5.41 Å². The van der Waals surface area contributed by atoms with E-state index in [1.807, 2.05) is 0 Å². The van der Waals surface area contributed by atoms with Crippen LogP contribution in [0.1, 0.15) is 45.7 Å². The van der Waals surface area contributed by atoms with Gasteiger partial charge in [-0.25, -0.2) is 4.39 Å². The van der Waals surface area contributed by atoms with Gasteiger partial charge in [-0.05, 0) is 23.8 Å². The summed E-state index contributed by atoms with van der Waals surface area (Å²) in [6, 6.07) is 10.8. The maximum absolute atomic E-state index is 13.9. The number of hydrogen-bond donors (Lipinski definition) is 2. The minimum absolute atomic E-state index is 0.0264. The van der Waals surface area contributed by atoms with Gasteiger partial charge in [0.1, 0.15) is 5.82 Å². The minimum atomic E-state index is -0.606. The van der Waals surface area contributed by atoms with Crippen molar-refractivity contribution < 1.29 is 14.0 Å². The van der Waals surface area contributed by atoms with Crippen molar-refractivity contribution in [2.24, 2.45) is 11.7 Å². The number of nitrogens with one attached hydrogen (secondary N) is 1. The van der Waals surface area contributed by atoms with E-state index in [0.29, 0.717) is 11.1 Å². The number of ketones is 1. The third kappa shape index (κ3) is 3.74. The molecule has 0 aliphatic heterocycles. The number of halogens is 1. The smallest absolute Gasteiger partial charge is 0.249 e. The molecule has 1 amide bonds. The van der Waals surface area contributed by atoms with E-state index in [2.05, 4.69) is 0 Å². The van der Waals surface area contributed by atoms with Crippen LogP contribution in [0, 0.1) is 17.1 Å². The highest BCUT2D eigenvalue weighted by Crippen LogP contribution is 2.18. The highest BCUT2D eigenvalue weighted by molar-refractivity contribution is 6.09. The normalized spacial score (nSPS) is 10.7. The van der Waals surface area contributed by atoms with Gasteiger partial charge in [-0.2, -0.15) is 0 Å². The van der Waals surface area contributed by atoms with Crippen molar-refractivity contribution in [1.82, 2.24) is 0 Å². The average Bonchev–Trinajstić information content (AvgIpc) is 2.55. The van der Waals surface area contributed by atoms with Crippen molar-refractivity contribution in [2.75, 3.05) is 0 Å². The van der Waals surface area contributed by atoms with Crippen LogP contribution in [0.2, 0.25) is 0 Å². The summed E-state index contributed by atoms with van der Waals surface area (Å²) in [5, 5.41) is 8.23. The van der Waals surface area contributed by atoms with Crippen molar-refractivity contribution >= 4 is 17.4 Å². The molecule has 0 saturated carbocycles. The third-order valence-corrected chi connectivity index (χ3v) is 3.72. The molecule has 0 aliphatic carbocycles. The number of rotatable bonds is 6. The molecule has 0 fully saturated rings. The van der Waals surface area contributed by atoms with E-state index in [9.17, 15) is 14.0 Å². The molecule has 0 saturated heterocycles. The second-order valence-electron chi connectivity index (χ2n) is 5.90. The van der Waals surface area contributed by atoms with Gasteiger partial charge in [-0.3, -0.25) is 9.59 Å². The molecule has 0 unspecified atom stereocenters. The molecule has 5 heteroatoms. The summed E-state index contributed by atoms with van der Waals surface area (Å²) in [5.41, 5.74) is 6.87. The molecular formula is C19H19FN2O2. The summed E-state index contributed by atoms with van der Waals surface area (Å²) in [6.45, 7) is 3.42. The molecule has 2 rings (SSSR count). The molecule has 0 bridgehead atoms. The third-order valence-electron chi connectivity index (χ3n) is 3.72. The summed E-state index contributed by atoms with van der Waals surface area (Å²) >= 11 is 0. The van der Waals surface area contributed by atoms with Gasteiger partial charge >= 0.3 is 0 Å². The standard InChI is InChI=1S/C19H19FN2O2/c1-11(2)18(23)15-9-12(7-8-16(15)20)10-17(21)13-5-3-4-6-14(13)19(22)24/h3-9,11,21H,10H2,1-2H3,(H2,22,24). The maximum atomic E-state index is 13.9. The van der Waals surface area contributed by atoms with Gasteiger partial charge in [0.25, 0.3) is 0 Å². The van der Waals surface area contributed by atoms with Crippen LogP contribution in [0.25, 0.3) is 0 Å². The molecule has 0 aromatic heterocycles. The van der Waals surface area contributed by atoms with Crippen LogP contribution in [0.3, 0.4) is 0 Å². The summed E-state index contributed by atoms with van der Waals surface area (Å²) in [6.07, 6.45) is 0.170. The van der Waals surface area contributed by atoms with Crippen LogP contribution < -0.4 is 5.73 Å². The molecular weight excluding hydrogens is 307 g/mol. The van der Waals surface area contributed by atoms with Crippen molar-refractivity contribution in [3.05, 3.63) is 70.5 Å². The lowest BCUT2D eigenvalue weighted by atomic mass is 9.94. The van der Waals surface area contributed by atoms with Crippen molar-refractivity contribution in [2.45, 2.75) is 20.3 Å². The highest BCUT2D eigenvalue weighted by atomic mass is 19.1. The molecule has 0 atom stereocenters. The topological polar surface area (TPSA) is 84.0 Å². The Kier molecular flexibility index (Phi) is 5.24.